The van der Waals surface area contributed by atoms with E-state index in [4.69, 9.17) is 10.00 Å². The van der Waals surface area contributed by atoms with Crippen molar-refractivity contribution in [1.29, 1.82) is 5.26 Å². The molecule has 0 aromatic carbocycles. The van der Waals surface area contributed by atoms with Gasteiger partial charge < -0.3 is 9.64 Å². The summed E-state index contributed by atoms with van der Waals surface area (Å²) in [5.41, 5.74) is 1.81. The van der Waals surface area contributed by atoms with Crippen molar-refractivity contribution in [2.24, 2.45) is 0 Å². The van der Waals surface area contributed by atoms with Gasteiger partial charge in [-0.15, -0.1) is 0 Å². The maximum absolute atomic E-state index is 12.5. The van der Waals surface area contributed by atoms with Crippen molar-refractivity contribution in [3.05, 3.63) is 47.5 Å². The van der Waals surface area contributed by atoms with E-state index in [9.17, 15) is 4.79 Å². The molecule has 3 rings (SSSR count). The first-order valence-electron chi connectivity index (χ1n) is 7.42. The molecule has 1 aliphatic heterocycles. The quantitative estimate of drug-likeness (QED) is 0.844. The normalized spacial score (nSPS) is 17.7. The number of carbonyl (C=O) groups excluding carboxylic acids is 1. The summed E-state index contributed by atoms with van der Waals surface area (Å²) < 4.78 is 7.55. The van der Waals surface area contributed by atoms with E-state index in [-0.39, 0.29) is 12.0 Å². The Bertz CT molecular complexity index is 749. The predicted octanol–water partition coefficient (Wildman–Crippen LogP) is 0.999. The number of aromatic nitrogens is 3. The van der Waals surface area contributed by atoms with Crippen LogP contribution in [0.4, 0.5) is 0 Å². The minimum absolute atomic E-state index is 0.105. The van der Waals surface area contributed by atoms with Crippen molar-refractivity contribution >= 4 is 5.91 Å². The molecular weight excluding hydrogens is 294 g/mol. The lowest BCUT2D eigenvalue weighted by molar-refractivity contribution is -0.0301. The lowest BCUT2D eigenvalue weighted by Crippen LogP contribution is -2.47. The highest BCUT2D eigenvalue weighted by atomic mass is 16.5. The second kappa shape index (κ2) is 6.58. The van der Waals surface area contributed by atoms with E-state index in [1.165, 1.54) is 12.3 Å². The van der Waals surface area contributed by atoms with Crippen LogP contribution >= 0.6 is 0 Å². The molecular formula is C16H17N5O2. The molecule has 7 nitrogen and oxygen atoms in total. The second-order valence-corrected chi connectivity index (χ2v) is 5.53. The van der Waals surface area contributed by atoms with E-state index in [1.54, 1.807) is 17.2 Å². The summed E-state index contributed by atoms with van der Waals surface area (Å²) in [6.07, 6.45) is 5.12. The minimum atomic E-state index is -0.174. The van der Waals surface area contributed by atoms with Crippen LogP contribution in [0.25, 0.3) is 0 Å². The van der Waals surface area contributed by atoms with Crippen molar-refractivity contribution < 1.29 is 9.53 Å². The summed E-state index contributed by atoms with van der Waals surface area (Å²) in [6.45, 7) is 4.06. The van der Waals surface area contributed by atoms with Gasteiger partial charge in [0.2, 0.25) is 0 Å². The van der Waals surface area contributed by atoms with Gasteiger partial charge in [0.25, 0.3) is 5.91 Å². The highest BCUT2D eigenvalue weighted by molar-refractivity contribution is 5.92. The van der Waals surface area contributed by atoms with Crippen LogP contribution in [0, 0.1) is 18.3 Å². The Balaban J connectivity index is 1.67. The first kappa shape index (κ1) is 15.2. The highest BCUT2D eigenvalue weighted by Gasteiger charge is 2.26. The standard InChI is InChI=1S/C16H17N5O2/c1-12-8-19-21(9-12)11-14-10-20(4-5-23-14)16(22)15-6-13(7-17)2-3-18-15/h2-3,6,8-9,14H,4-5,10-11H2,1H3. The average molecular weight is 311 g/mol. The highest BCUT2D eigenvalue weighted by Crippen LogP contribution is 2.12. The topological polar surface area (TPSA) is 84.0 Å². The molecule has 1 unspecified atom stereocenters. The molecule has 2 aromatic rings. The zero-order valence-electron chi connectivity index (χ0n) is 12.8. The van der Waals surface area contributed by atoms with E-state index in [0.717, 1.165) is 5.56 Å². The van der Waals surface area contributed by atoms with Crippen LogP contribution in [0.2, 0.25) is 0 Å². The van der Waals surface area contributed by atoms with Gasteiger partial charge in [-0.05, 0) is 24.6 Å². The van der Waals surface area contributed by atoms with Crippen LogP contribution in [0.1, 0.15) is 21.6 Å². The summed E-state index contributed by atoms with van der Waals surface area (Å²) in [5, 5.41) is 13.2. The molecule has 1 amide bonds. The van der Waals surface area contributed by atoms with Crippen LogP contribution in [0.15, 0.2) is 30.7 Å². The minimum Gasteiger partial charge on any atom is -0.373 e. The van der Waals surface area contributed by atoms with Crippen LogP contribution in [0.5, 0.6) is 0 Å². The van der Waals surface area contributed by atoms with E-state index in [0.29, 0.717) is 37.5 Å². The van der Waals surface area contributed by atoms with E-state index in [2.05, 4.69) is 10.1 Å². The molecule has 1 aliphatic rings. The van der Waals surface area contributed by atoms with E-state index < -0.39 is 0 Å². The predicted molar refractivity (Wildman–Crippen MR) is 81.6 cm³/mol. The fraction of sp³-hybridized carbons (Fsp3) is 0.375. The molecule has 0 N–H and O–H groups in total. The van der Waals surface area contributed by atoms with Gasteiger partial charge in [-0.1, -0.05) is 0 Å². The first-order valence-corrected chi connectivity index (χ1v) is 7.42. The summed E-state index contributed by atoms with van der Waals surface area (Å²) >= 11 is 0. The zero-order chi connectivity index (χ0) is 16.2. The first-order chi connectivity index (χ1) is 11.2. The molecule has 1 fully saturated rings. The van der Waals surface area contributed by atoms with Crippen molar-refractivity contribution in [1.82, 2.24) is 19.7 Å². The number of rotatable bonds is 3. The van der Waals surface area contributed by atoms with Crippen LogP contribution in [-0.2, 0) is 11.3 Å². The number of nitriles is 1. The molecule has 0 spiro atoms. The van der Waals surface area contributed by atoms with Crippen molar-refractivity contribution in [3.63, 3.8) is 0 Å². The Morgan fingerprint density at radius 1 is 1.57 bits per heavy atom. The van der Waals surface area contributed by atoms with Crippen LogP contribution in [-0.4, -0.2) is 51.4 Å². The molecule has 7 heteroatoms. The summed E-state index contributed by atoms with van der Waals surface area (Å²) in [5.74, 6) is -0.174. The molecule has 0 saturated carbocycles. The Labute approximate surface area is 134 Å². The SMILES string of the molecule is Cc1cnn(CC2CN(C(=O)c3cc(C#N)ccn3)CCO2)c1. The van der Waals surface area contributed by atoms with Crippen molar-refractivity contribution in [2.45, 2.75) is 19.6 Å². The fourth-order valence-electron chi connectivity index (χ4n) is 2.57. The van der Waals surface area contributed by atoms with E-state index in [1.807, 2.05) is 23.9 Å². The number of hydrogen-bond donors (Lipinski definition) is 0. The molecule has 23 heavy (non-hydrogen) atoms. The Kier molecular flexibility index (Phi) is 4.35. The average Bonchev–Trinajstić information content (AvgIpc) is 2.99. The third-order valence-corrected chi connectivity index (χ3v) is 3.69. The maximum Gasteiger partial charge on any atom is 0.272 e. The number of pyridine rings is 1. The Morgan fingerprint density at radius 3 is 3.17 bits per heavy atom. The molecule has 2 aromatic heterocycles. The summed E-state index contributed by atoms with van der Waals surface area (Å²) in [7, 11) is 0. The number of carbonyl (C=O) groups is 1. The lowest BCUT2D eigenvalue weighted by Gasteiger charge is -2.32. The molecule has 1 atom stereocenters. The fourth-order valence-corrected chi connectivity index (χ4v) is 2.57. The van der Waals surface area contributed by atoms with Crippen LogP contribution in [0.3, 0.4) is 0 Å². The molecule has 3 heterocycles. The van der Waals surface area contributed by atoms with E-state index >= 15 is 0 Å². The lowest BCUT2D eigenvalue weighted by atomic mass is 10.2. The summed E-state index contributed by atoms with van der Waals surface area (Å²) in [6, 6.07) is 5.12. The van der Waals surface area contributed by atoms with Gasteiger partial charge in [-0.3, -0.25) is 14.5 Å². The maximum atomic E-state index is 12.5. The molecule has 0 aliphatic carbocycles. The zero-order valence-corrected chi connectivity index (χ0v) is 12.8. The monoisotopic (exact) mass is 311 g/mol. The molecule has 0 radical (unpaired) electrons. The Hall–Kier alpha value is -2.72. The van der Waals surface area contributed by atoms with Gasteiger partial charge in [0.1, 0.15) is 5.69 Å². The van der Waals surface area contributed by atoms with Gasteiger partial charge in [0.05, 0.1) is 37.1 Å². The number of ether oxygens (including phenoxy) is 1. The van der Waals surface area contributed by atoms with Crippen LogP contribution < -0.4 is 0 Å². The third kappa shape index (κ3) is 3.55. The summed E-state index contributed by atoms with van der Waals surface area (Å²) in [4.78, 5) is 18.3. The number of hydrogen-bond acceptors (Lipinski definition) is 5. The van der Waals surface area contributed by atoms with Gasteiger partial charge >= 0.3 is 0 Å². The van der Waals surface area contributed by atoms with Crippen molar-refractivity contribution in [3.8, 4) is 6.07 Å². The molecule has 0 bridgehead atoms. The second-order valence-electron chi connectivity index (χ2n) is 5.53. The number of amides is 1. The smallest absolute Gasteiger partial charge is 0.272 e. The number of nitrogens with zero attached hydrogens (tertiary/aromatic N) is 5. The number of morpholine rings is 1. The third-order valence-electron chi connectivity index (χ3n) is 3.69. The largest absolute Gasteiger partial charge is 0.373 e. The molecule has 118 valence electrons. The number of aryl methyl sites for hydroxylation is 1. The van der Waals surface area contributed by atoms with Gasteiger partial charge in [0, 0.05) is 25.5 Å². The van der Waals surface area contributed by atoms with Crippen molar-refractivity contribution in [2.75, 3.05) is 19.7 Å². The van der Waals surface area contributed by atoms with Gasteiger partial charge in [-0.25, -0.2) is 0 Å². The van der Waals surface area contributed by atoms with Gasteiger partial charge in [0.15, 0.2) is 0 Å². The molecule has 1 saturated heterocycles. The van der Waals surface area contributed by atoms with Gasteiger partial charge in [-0.2, -0.15) is 10.4 Å². The Morgan fingerprint density at radius 2 is 2.43 bits per heavy atom.